The number of benzene rings is 1. The van der Waals surface area contributed by atoms with Crippen molar-refractivity contribution in [2.24, 2.45) is 5.73 Å². The van der Waals surface area contributed by atoms with E-state index in [1.807, 2.05) is 0 Å². The van der Waals surface area contributed by atoms with Gasteiger partial charge in [0.15, 0.2) is 0 Å². The number of hydrogen-bond donors (Lipinski definition) is 1. The molecule has 0 saturated carbocycles. The van der Waals surface area contributed by atoms with Crippen LogP contribution in [0.25, 0.3) is 0 Å². The fourth-order valence-electron chi connectivity index (χ4n) is 1.41. The third-order valence-corrected chi connectivity index (χ3v) is 2.57. The van der Waals surface area contributed by atoms with Crippen LogP contribution >= 0.6 is 11.6 Å². The predicted octanol–water partition coefficient (Wildman–Crippen LogP) is 2.41. The molecule has 1 rings (SSSR count). The van der Waals surface area contributed by atoms with Gasteiger partial charge in [0.2, 0.25) is 0 Å². The molecule has 1 aromatic rings. The van der Waals surface area contributed by atoms with E-state index in [1.165, 1.54) is 16.7 Å². The maximum absolute atomic E-state index is 5.78. The molecule has 72 valence electrons. The van der Waals surface area contributed by atoms with E-state index in [0.717, 1.165) is 6.42 Å². The average molecular weight is 198 g/mol. The SMILES string of the molecule is Cc1ccc(C[C@H](N)CCl)c(C)c1. The van der Waals surface area contributed by atoms with Gasteiger partial charge in [-0.15, -0.1) is 11.6 Å². The Morgan fingerprint density at radius 2 is 2.08 bits per heavy atom. The van der Waals surface area contributed by atoms with Crippen molar-refractivity contribution < 1.29 is 0 Å². The smallest absolute Gasteiger partial charge is 0.0378 e. The lowest BCUT2D eigenvalue weighted by molar-refractivity contribution is 0.741. The van der Waals surface area contributed by atoms with Crippen LogP contribution < -0.4 is 5.73 Å². The van der Waals surface area contributed by atoms with E-state index in [9.17, 15) is 0 Å². The third-order valence-electron chi connectivity index (χ3n) is 2.18. The van der Waals surface area contributed by atoms with Crippen LogP contribution in [0, 0.1) is 13.8 Å². The van der Waals surface area contributed by atoms with Gasteiger partial charge in [-0.05, 0) is 31.4 Å². The van der Waals surface area contributed by atoms with Crippen LogP contribution in [0.5, 0.6) is 0 Å². The van der Waals surface area contributed by atoms with E-state index in [-0.39, 0.29) is 6.04 Å². The zero-order chi connectivity index (χ0) is 9.84. The summed E-state index contributed by atoms with van der Waals surface area (Å²) in [5, 5.41) is 0. The van der Waals surface area contributed by atoms with Crippen LogP contribution in [0.4, 0.5) is 0 Å². The van der Waals surface area contributed by atoms with Crippen molar-refractivity contribution in [3.63, 3.8) is 0 Å². The van der Waals surface area contributed by atoms with Gasteiger partial charge < -0.3 is 5.73 Å². The Bertz CT molecular complexity index is 283. The van der Waals surface area contributed by atoms with E-state index < -0.39 is 0 Å². The third kappa shape index (κ3) is 3.02. The number of aryl methyl sites for hydroxylation is 2. The molecule has 0 radical (unpaired) electrons. The summed E-state index contributed by atoms with van der Waals surface area (Å²) < 4.78 is 0. The van der Waals surface area contributed by atoms with Crippen molar-refractivity contribution in [2.75, 3.05) is 5.88 Å². The van der Waals surface area contributed by atoms with E-state index >= 15 is 0 Å². The number of alkyl halides is 1. The highest BCUT2D eigenvalue weighted by Crippen LogP contribution is 2.12. The molecule has 0 fully saturated rings. The fourth-order valence-corrected chi connectivity index (χ4v) is 1.52. The molecule has 1 nitrogen and oxygen atoms in total. The quantitative estimate of drug-likeness (QED) is 0.741. The van der Waals surface area contributed by atoms with Gasteiger partial charge in [0.1, 0.15) is 0 Å². The van der Waals surface area contributed by atoms with Gasteiger partial charge in [-0.1, -0.05) is 23.8 Å². The van der Waals surface area contributed by atoms with Gasteiger partial charge in [0.05, 0.1) is 0 Å². The molecule has 0 aliphatic rings. The highest BCUT2D eigenvalue weighted by atomic mass is 35.5. The first-order valence-corrected chi connectivity index (χ1v) is 5.04. The summed E-state index contributed by atoms with van der Waals surface area (Å²) in [6, 6.07) is 6.50. The summed E-state index contributed by atoms with van der Waals surface area (Å²) in [6.45, 7) is 4.21. The minimum atomic E-state index is 0.0723. The maximum Gasteiger partial charge on any atom is 0.0378 e. The van der Waals surface area contributed by atoms with Crippen molar-refractivity contribution in [2.45, 2.75) is 26.3 Å². The van der Waals surface area contributed by atoms with Gasteiger partial charge in [-0.2, -0.15) is 0 Å². The first-order valence-electron chi connectivity index (χ1n) is 4.51. The normalized spacial score (nSPS) is 12.9. The van der Waals surface area contributed by atoms with Crippen LogP contribution in [-0.2, 0) is 6.42 Å². The van der Waals surface area contributed by atoms with Gasteiger partial charge in [-0.25, -0.2) is 0 Å². The molecule has 13 heavy (non-hydrogen) atoms. The van der Waals surface area contributed by atoms with Crippen molar-refractivity contribution >= 4 is 11.6 Å². The Hall–Kier alpha value is -0.530. The monoisotopic (exact) mass is 197 g/mol. The van der Waals surface area contributed by atoms with E-state index in [4.69, 9.17) is 17.3 Å². The lowest BCUT2D eigenvalue weighted by Gasteiger charge is -2.10. The largest absolute Gasteiger partial charge is 0.326 e. The molecular weight excluding hydrogens is 182 g/mol. The molecule has 0 aliphatic heterocycles. The van der Waals surface area contributed by atoms with Crippen LogP contribution in [0.3, 0.4) is 0 Å². The molecule has 0 aromatic heterocycles. The van der Waals surface area contributed by atoms with Crippen LogP contribution in [-0.4, -0.2) is 11.9 Å². The topological polar surface area (TPSA) is 26.0 Å². The standard InChI is InChI=1S/C11H16ClN/c1-8-3-4-10(9(2)5-8)6-11(13)7-12/h3-5,11H,6-7,13H2,1-2H3/t11-/m0/s1. The number of halogens is 1. The summed E-state index contributed by atoms with van der Waals surface area (Å²) in [6.07, 6.45) is 0.871. The summed E-state index contributed by atoms with van der Waals surface area (Å²) in [7, 11) is 0. The molecule has 1 aromatic carbocycles. The molecule has 0 heterocycles. The summed E-state index contributed by atoms with van der Waals surface area (Å²) >= 11 is 5.66. The van der Waals surface area contributed by atoms with Crippen molar-refractivity contribution in [3.8, 4) is 0 Å². The van der Waals surface area contributed by atoms with Crippen LogP contribution in [0.1, 0.15) is 16.7 Å². The van der Waals surface area contributed by atoms with Crippen LogP contribution in [0.2, 0.25) is 0 Å². The lowest BCUT2D eigenvalue weighted by Crippen LogP contribution is -2.24. The Morgan fingerprint density at radius 3 is 2.62 bits per heavy atom. The van der Waals surface area contributed by atoms with Crippen molar-refractivity contribution in [1.82, 2.24) is 0 Å². The molecule has 1 atom stereocenters. The highest BCUT2D eigenvalue weighted by molar-refractivity contribution is 6.18. The molecule has 0 bridgehead atoms. The number of rotatable bonds is 3. The van der Waals surface area contributed by atoms with Crippen molar-refractivity contribution in [3.05, 3.63) is 34.9 Å². The molecule has 0 amide bonds. The summed E-state index contributed by atoms with van der Waals surface area (Å²) in [4.78, 5) is 0. The minimum absolute atomic E-state index is 0.0723. The van der Waals surface area contributed by atoms with Gasteiger partial charge in [0, 0.05) is 11.9 Å². The first-order chi connectivity index (χ1) is 6.13. The zero-order valence-corrected chi connectivity index (χ0v) is 8.93. The average Bonchev–Trinajstić information content (AvgIpc) is 2.09. The van der Waals surface area contributed by atoms with Crippen LogP contribution in [0.15, 0.2) is 18.2 Å². The predicted molar refractivity (Wildman–Crippen MR) is 58.3 cm³/mol. The Morgan fingerprint density at radius 1 is 1.38 bits per heavy atom. The lowest BCUT2D eigenvalue weighted by atomic mass is 10.0. The van der Waals surface area contributed by atoms with E-state index in [1.54, 1.807) is 0 Å². The molecule has 0 spiro atoms. The maximum atomic E-state index is 5.78. The second-order valence-corrected chi connectivity index (χ2v) is 3.86. The number of hydrogen-bond acceptors (Lipinski definition) is 1. The Balaban J connectivity index is 2.77. The molecule has 0 saturated heterocycles. The van der Waals surface area contributed by atoms with Gasteiger partial charge in [-0.3, -0.25) is 0 Å². The summed E-state index contributed by atoms with van der Waals surface area (Å²) in [5.41, 5.74) is 9.68. The first kappa shape index (κ1) is 10.6. The summed E-state index contributed by atoms with van der Waals surface area (Å²) in [5.74, 6) is 0.521. The molecule has 2 N–H and O–H groups in total. The molecule has 0 aliphatic carbocycles. The van der Waals surface area contributed by atoms with E-state index in [2.05, 4.69) is 32.0 Å². The highest BCUT2D eigenvalue weighted by Gasteiger charge is 2.04. The molecule has 0 unspecified atom stereocenters. The number of nitrogens with two attached hydrogens (primary N) is 1. The van der Waals surface area contributed by atoms with Gasteiger partial charge in [0.25, 0.3) is 0 Å². The van der Waals surface area contributed by atoms with Crippen molar-refractivity contribution in [1.29, 1.82) is 0 Å². The zero-order valence-electron chi connectivity index (χ0n) is 8.18. The fraction of sp³-hybridized carbons (Fsp3) is 0.455. The minimum Gasteiger partial charge on any atom is -0.326 e. The van der Waals surface area contributed by atoms with E-state index in [0.29, 0.717) is 5.88 Å². The van der Waals surface area contributed by atoms with Gasteiger partial charge >= 0.3 is 0 Å². The Kier molecular flexibility index (Phi) is 3.76. The second-order valence-electron chi connectivity index (χ2n) is 3.55. The molecule has 2 heteroatoms. The second kappa shape index (κ2) is 4.64. The Labute approximate surface area is 84.9 Å². The molecular formula is C11H16ClN.